The normalized spacial score (nSPS) is 16.7. The smallest absolute Gasteiger partial charge is 0.332 e. The topological polar surface area (TPSA) is 75.6 Å². The number of hydrogen-bond donors (Lipinski definition) is 2. The Morgan fingerprint density at radius 3 is 2.44 bits per heavy atom. The van der Waals surface area contributed by atoms with Crippen LogP contribution >= 0.6 is 0 Å². The van der Waals surface area contributed by atoms with Gasteiger partial charge < -0.3 is 5.11 Å². The summed E-state index contributed by atoms with van der Waals surface area (Å²) in [4.78, 5) is 27.1. The van der Waals surface area contributed by atoms with E-state index in [0.29, 0.717) is 0 Å². The lowest BCUT2D eigenvalue weighted by molar-refractivity contribution is -0.153. The second kappa shape index (κ2) is 5.18. The molecule has 0 saturated heterocycles. The average molecular weight is 249 g/mol. The minimum absolute atomic E-state index is 0.263. The number of aliphatic carboxylic acids is 1. The maximum Gasteiger partial charge on any atom is 0.332 e. The van der Waals surface area contributed by atoms with E-state index >= 15 is 0 Å². The van der Waals surface area contributed by atoms with Crippen molar-refractivity contribution < 1.29 is 19.5 Å². The second-order valence-corrected chi connectivity index (χ2v) is 4.42. The molecule has 0 bridgehead atoms. The van der Waals surface area contributed by atoms with E-state index < -0.39 is 18.0 Å². The largest absolute Gasteiger partial charge is 0.479 e. The van der Waals surface area contributed by atoms with Gasteiger partial charge in [0.1, 0.15) is 0 Å². The summed E-state index contributed by atoms with van der Waals surface area (Å²) < 4.78 is 0. The predicted molar refractivity (Wildman–Crippen MR) is 63.7 cm³/mol. The van der Waals surface area contributed by atoms with Crippen LogP contribution in [0.15, 0.2) is 30.3 Å². The summed E-state index contributed by atoms with van der Waals surface area (Å²) in [5.74, 6) is -1.38. The Morgan fingerprint density at radius 2 is 1.94 bits per heavy atom. The molecule has 18 heavy (non-hydrogen) atoms. The number of hydroxylamine groups is 1. The fourth-order valence-electron chi connectivity index (χ4n) is 2.20. The van der Waals surface area contributed by atoms with Gasteiger partial charge in [0.2, 0.25) is 0 Å². The number of benzene rings is 1. The molecule has 0 radical (unpaired) electrons. The second-order valence-electron chi connectivity index (χ2n) is 4.42. The van der Waals surface area contributed by atoms with Crippen molar-refractivity contribution in [2.45, 2.75) is 24.7 Å². The van der Waals surface area contributed by atoms with Gasteiger partial charge in [-0.2, -0.15) is 0 Å². The van der Waals surface area contributed by atoms with E-state index in [1.807, 2.05) is 30.3 Å². The Balaban J connectivity index is 2.04. The van der Waals surface area contributed by atoms with E-state index in [4.69, 9.17) is 5.11 Å². The fourth-order valence-corrected chi connectivity index (χ4v) is 2.20. The van der Waals surface area contributed by atoms with Gasteiger partial charge in [0, 0.05) is 0 Å². The van der Waals surface area contributed by atoms with Crippen molar-refractivity contribution in [2.24, 2.45) is 0 Å². The molecule has 0 heterocycles. The van der Waals surface area contributed by atoms with Crippen LogP contribution in [0.3, 0.4) is 0 Å². The van der Waals surface area contributed by atoms with Crippen LogP contribution in [0.5, 0.6) is 0 Å². The molecule has 1 aliphatic rings. The Bertz CT molecular complexity index is 440. The standard InChI is InChI=1S/C13H15NO4/c15-11(16)9-18-14-12(17)13(7-4-8-13)10-5-2-1-3-6-10/h1-3,5-6H,4,7-9H2,(H,14,17)(H,15,16). The van der Waals surface area contributed by atoms with E-state index in [1.165, 1.54) is 0 Å². The van der Waals surface area contributed by atoms with Crippen LogP contribution in [0.25, 0.3) is 0 Å². The molecule has 0 unspecified atom stereocenters. The Kier molecular flexibility index (Phi) is 3.62. The fraction of sp³-hybridized carbons (Fsp3) is 0.385. The number of amides is 1. The first-order valence-electron chi connectivity index (χ1n) is 5.85. The monoisotopic (exact) mass is 249 g/mol. The number of carbonyl (C=O) groups excluding carboxylic acids is 1. The highest BCUT2D eigenvalue weighted by atomic mass is 16.7. The molecule has 96 valence electrons. The maximum absolute atomic E-state index is 12.1. The van der Waals surface area contributed by atoms with Gasteiger partial charge in [-0.1, -0.05) is 36.8 Å². The SMILES string of the molecule is O=C(O)CONC(=O)C1(c2ccccc2)CCC1. The highest BCUT2D eigenvalue weighted by molar-refractivity contribution is 5.88. The molecule has 1 aromatic rings. The van der Waals surface area contributed by atoms with Crippen LogP contribution in [0.1, 0.15) is 24.8 Å². The van der Waals surface area contributed by atoms with Crippen molar-refractivity contribution in [1.29, 1.82) is 0 Å². The first kappa shape index (κ1) is 12.6. The maximum atomic E-state index is 12.1. The van der Waals surface area contributed by atoms with Crippen LogP contribution in [-0.2, 0) is 19.8 Å². The molecule has 2 rings (SSSR count). The highest BCUT2D eigenvalue weighted by Crippen LogP contribution is 2.43. The number of hydrogen-bond acceptors (Lipinski definition) is 3. The van der Waals surface area contributed by atoms with Crippen molar-refractivity contribution in [3.05, 3.63) is 35.9 Å². The first-order chi connectivity index (χ1) is 8.65. The van der Waals surface area contributed by atoms with Gasteiger partial charge in [-0.3, -0.25) is 9.63 Å². The molecule has 5 nitrogen and oxygen atoms in total. The van der Waals surface area contributed by atoms with Gasteiger partial charge in [-0.25, -0.2) is 10.3 Å². The van der Waals surface area contributed by atoms with Crippen LogP contribution in [0, 0.1) is 0 Å². The van der Waals surface area contributed by atoms with Gasteiger partial charge in [-0.15, -0.1) is 0 Å². The summed E-state index contributed by atoms with van der Waals surface area (Å²) >= 11 is 0. The lowest BCUT2D eigenvalue weighted by atomic mass is 9.64. The molecular formula is C13H15NO4. The number of rotatable bonds is 5. The molecular weight excluding hydrogens is 234 g/mol. The summed E-state index contributed by atoms with van der Waals surface area (Å²) in [6, 6.07) is 9.50. The van der Waals surface area contributed by atoms with Gasteiger partial charge in [-0.05, 0) is 18.4 Å². The van der Waals surface area contributed by atoms with Gasteiger partial charge in [0.05, 0.1) is 5.41 Å². The Labute approximate surface area is 105 Å². The first-order valence-corrected chi connectivity index (χ1v) is 5.85. The van der Waals surface area contributed by atoms with Crippen molar-refractivity contribution in [3.8, 4) is 0 Å². The van der Waals surface area contributed by atoms with Crippen LogP contribution < -0.4 is 5.48 Å². The molecule has 1 aromatic carbocycles. The summed E-state index contributed by atoms with van der Waals surface area (Å²) in [5, 5.41) is 8.44. The third-order valence-corrected chi connectivity index (χ3v) is 3.33. The molecule has 1 amide bonds. The van der Waals surface area contributed by atoms with Gasteiger partial charge >= 0.3 is 5.97 Å². The molecule has 1 saturated carbocycles. The molecule has 0 aliphatic heterocycles. The van der Waals surface area contributed by atoms with Crippen LogP contribution in [0.2, 0.25) is 0 Å². The van der Waals surface area contributed by atoms with E-state index in [-0.39, 0.29) is 5.91 Å². The molecule has 2 N–H and O–H groups in total. The van der Waals surface area contributed by atoms with E-state index in [9.17, 15) is 9.59 Å². The Hall–Kier alpha value is -1.88. The van der Waals surface area contributed by atoms with Crippen molar-refractivity contribution in [3.63, 3.8) is 0 Å². The lowest BCUT2D eigenvalue weighted by Gasteiger charge is -2.40. The van der Waals surface area contributed by atoms with E-state index in [0.717, 1.165) is 24.8 Å². The third kappa shape index (κ3) is 2.36. The molecule has 0 aromatic heterocycles. The summed E-state index contributed by atoms with van der Waals surface area (Å²) in [5.41, 5.74) is 2.63. The van der Waals surface area contributed by atoms with Gasteiger partial charge in [0.15, 0.2) is 6.61 Å². The van der Waals surface area contributed by atoms with Crippen molar-refractivity contribution in [2.75, 3.05) is 6.61 Å². The highest BCUT2D eigenvalue weighted by Gasteiger charge is 2.45. The lowest BCUT2D eigenvalue weighted by Crippen LogP contribution is -2.49. The Morgan fingerprint density at radius 1 is 1.28 bits per heavy atom. The quantitative estimate of drug-likeness (QED) is 0.770. The third-order valence-electron chi connectivity index (χ3n) is 3.33. The average Bonchev–Trinajstić information content (AvgIpc) is 2.28. The summed E-state index contributed by atoms with van der Waals surface area (Å²) in [6.45, 7) is -0.531. The van der Waals surface area contributed by atoms with Crippen molar-refractivity contribution >= 4 is 11.9 Å². The minimum Gasteiger partial charge on any atom is -0.479 e. The number of carboxylic acids is 1. The molecule has 0 atom stereocenters. The predicted octanol–water partition coefficient (Wildman–Crippen LogP) is 1.24. The summed E-state index contributed by atoms with van der Waals surface area (Å²) in [7, 11) is 0. The summed E-state index contributed by atoms with van der Waals surface area (Å²) in [6.07, 6.45) is 2.51. The number of carbonyl (C=O) groups is 2. The van der Waals surface area contributed by atoms with E-state index in [2.05, 4.69) is 10.3 Å². The zero-order valence-corrected chi connectivity index (χ0v) is 9.89. The van der Waals surface area contributed by atoms with Crippen LogP contribution in [-0.4, -0.2) is 23.6 Å². The molecule has 1 fully saturated rings. The minimum atomic E-state index is -1.11. The molecule has 5 heteroatoms. The number of carboxylic acid groups (broad SMARTS) is 1. The number of nitrogens with one attached hydrogen (secondary N) is 1. The van der Waals surface area contributed by atoms with Gasteiger partial charge in [0.25, 0.3) is 5.91 Å². The van der Waals surface area contributed by atoms with E-state index in [1.54, 1.807) is 0 Å². The molecule has 0 spiro atoms. The molecule has 1 aliphatic carbocycles. The van der Waals surface area contributed by atoms with Crippen LogP contribution in [0.4, 0.5) is 0 Å². The van der Waals surface area contributed by atoms with Crippen molar-refractivity contribution in [1.82, 2.24) is 5.48 Å². The zero-order chi connectivity index (χ0) is 13.0. The zero-order valence-electron chi connectivity index (χ0n) is 9.89.